The third-order valence-corrected chi connectivity index (χ3v) is 3.72. The summed E-state index contributed by atoms with van der Waals surface area (Å²) >= 11 is 0. The number of carbonyl (C=O) groups excluding carboxylic acids is 2. The van der Waals surface area contributed by atoms with Crippen molar-refractivity contribution in [3.63, 3.8) is 0 Å². The first-order chi connectivity index (χ1) is 11.8. The molecule has 1 aliphatic heterocycles. The summed E-state index contributed by atoms with van der Waals surface area (Å²) in [6, 6.07) is 5.49. The number of rotatable bonds is 8. The van der Waals surface area contributed by atoms with Gasteiger partial charge in [-0.3, -0.25) is 9.59 Å². The minimum atomic E-state index is -0.582. The van der Waals surface area contributed by atoms with Gasteiger partial charge < -0.3 is 20.1 Å². The summed E-state index contributed by atoms with van der Waals surface area (Å²) in [5, 5.41) is 5.94. The lowest BCUT2D eigenvalue weighted by Gasteiger charge is -2.24. The molecule has 6 heteroatoms. The fraction of sp³-hybridized carbons (Fsp3) is 0.474. The molecule has 6 nitrogen and oxygen atoms in total. The van der Waals surface area contributed by atoms with E-state index in [1.807, 2.05) is 39.0 Å². The fourth-order valence-electron chi connectivity index (χ4n) is 2.35. The SMILES string of the molecule is C=CCNCC(COc1cccc2c1CC(=O)N2)OC(=O)C(C)(C)C. The third-order valence-electron chi connectivity index (χ3n) is 3.72. The van der Waals surface area contributed by atoms with Crippen molar-refractivity contribution in [1.29, 1.82) is 0 Å². The third kappa shape index (κ3) is 5.32. The average Bonchev–Trinajstić information content (AvgIpc) is 2.92. The van der Waals surface area contributed by atoms with Crippen molar-refractivity contribution >= 4 is 17.6 Å². The fourth-order valence-corrected chi connectivity index (χ4v) is 2.35. The molecule has 1 heterocycles. The lowest BCUT2D eigenvalue weighted by Crippen LogP contribution is -2.38. The van der Waals surface area contributed by atoms with E-state index in [1.54, 1.807) is 6.08 Å². The average molecular weight is 346 g/mol. The van der Waals surface area contributed by atoms with Gasteiger partial charge in [-0.25, -0.2) is 0 Å². The molecule has 0 aromatic heterocycles. The molecule has 0 fully saturated rings. The lowest BCUT2D eigenvalue weighted by atomic mass is 9.97. The van der Waals surface area contributed by atoms with Crippen LogP contribution < -0.4 is 15.4 Å². The largest absolute Gasteiger partial charge is 0.489 e. The van der Waals surface area contributed by atoms with Crippen LogP contribution >= 0.6 is 0 Å². The van der Waals surface area contributed by atoms with Crippen LogP contribution in [0.25, 0.3) is 0 Å². The molecule has 0 bridgehead atoms. The molecule has 0 saturated carbocycles. The Morgan fingerprint density at radius 2 is 2.20 bits per heavy atom. The molecule has 1 aliphatic rings. The van der Waals surface area contributed by atoms with Gasteiger partial charge in [0.05, 0.1) is 11.8 Å². The Kier molecular flexibility index (Phi) is 6.20. The van der Waals surface area contributed by atoms with Gasteiger partial charge in [0.2, 0.25) is 5.91 Å². The summed E-state index contributed by atoms with van der Waals surface area (Å²) in [4.78, 5) is 23.7. The van der Waals surface area contributed by atoms with Crippen LogP contribution in [0, 0.1) is 5.41 Å². The molecular formula is C19H26N2O4. The quantitative estimate of drug-likeness (QED) is 0.429. The van der Waals surface area contributed by atoms with Gasteiger partial charge in [-0.05, 0) is 32.9 Å². The van der Waals surface area contributed by atoms with E-state index >= 15 is 0 Å². The van der Waals surface area contributed by atoms with E-state index in [4.69, 9.17) is 9.47 Å². The number of ether oxygens (including phenoxy) is 2. The molecule has 2 rings (SSSR count). The number of carbonyl (C=O) groups is 2. The van der Waals surface area contributed by atoms with Gasteiger partial charge in [0, 0.05) is 24.3 Å². The Balaban J connectivity index is 2.02. The van der Waals surface area contributed by atoms with E-state index in [2.05, 4.69) is 17.2 Å². The van der Waals surface area contributed by atoms with Crippen LogP contribution in [-0.4, -0.2) is 37.7 Å². The number of hydrogen-bond donors (Lipinski definition) is 2. The second kappa shape index (κ2) is 8.16. The van der Waals surface area contributed by atoms with E-state index in [0.717, 1.165) is 11.3 Å². The van der Waals surface area contributed by atoms with E-state index < -0.39 is 11.5 Å². The normalized spacial score (nSPS) is 14.4. The molecule has 1 amide bonds. The zero-order chi connectivity index (χ0) is 18.4. The molecule has 0 saturated heterocycles. The summed E-state index contributed by atoms with van der Waals surface area (Å²) < 4.78 is 11.4. The smallest absolute Gasteiger partial charge is 0.311 e. The maximum atomic E-state index is 12.2. The molecule has 1 aromatic carbocycles. The molecule has 1 unspecified atom stereocenters. The van der Waals surface area contributed by atoms with Gasteiger partial charge in [0.1, 0.15) is 18.5 Å². The highest BCUT2D eigenvalue weighted by atomic mass is 16.6. The molecule has 0 spiro atoms. The number of nitrogens with one attached hydrogen (secondary N) is 2. The van der Waals surface area contributed by atoms with Crippen molar-refractivity contribution in [1.82, 2.24) is 5.32 Å². The van der Waals surface area contributed by atoms with Crippen LogP contribution in [0.2, 0.25) is 0 Å². The van der Waals surface area contributed by atoms with Crippen molar-refractivity contribution in [3.05, 3.63) is 36.4 Å². The first-order valence-electron chi connectivity index (χ1n) is 8.38. The Hall–Kier alpha value is -2.34. The van der Waals surface area contributed by atoms with Gasteiger partial charge >= 0.3 is 5.97 Å². The molecule has 1 aromatic rings. The maximum absolute atomic E-state index is 12.2. The van der Waals surface area contributed by atoms with Gasteiger partial charge in [-0.2, -0.15) is 0 Å². The molecule has 1 atom stereocenters. The number of fused-ring (bicyclic) bond motifs is 1. The molecular weight excluding hydrogens is 320 g/mol. The summed E-state index contributed by atoms with van der Waals surface area (Å²) in [5.41, 5.74) is 1.03. The Morgan fingerprint density at radius 1 is 1.44 bits per heavy atom. The van der Waals surface area contributed by atoms with E-state index in [9.17, 15) is 9.59 Å². The molecule has 0 radical (unpaired) electrons. The van der Waals surface area contributed by atoms with Crippen LogP contribution in [0.4, 0.5) is 5.69 Å². The first kappa shape index (κ1) is 19.0. The van der Waals surface area contributed by atoms with Crippen LogP contribution in [0.1, 0.15) is 26.3 Å². The Labute approximate surface area is 148 Å². The van der Waals surface area contributed by atoms with Crippen LogP contribution in [-0.2, 0) is 20.7 Å². The molecule has 136 valence electrons. The number of esters is 1. The number of anilines is 1. The van der Waals surface area contributed by atoms with Crippen LogP contribution in [0.15, 0.2) is 30.9 Å². The summed E-state index contributed by atoms with van der Waals surface area (Å²) in [6.45, 7) is 10.4. The predicted octanol–water partition coefficient (Wildman–Crippen LogP) is 2.29. The lowest BCUT2D eigenvalue weighted by molar-refractivity contribution is -0.159. The van der Waals surface area contributed by atoms with E-state index in [-0.39, 0.29) is 18.5 Å². The number of amides is 1. The second-order valence-electron chi connectivity index (χ2n) is 7.04. The monoisotopic (exact) mass is 346 g/mol. The van der Waals surface area contributed by atoms with Gasteiger partial charge in [0.15, 0.2) is 0 Å². The van der Waals surface area contributed by atoms with Crippen molar-refractivity contribution in [2.24, 2.45) is 5.41 Å². The van der Waals surface area contributed by atoms with E-state index in [1.165, 1.54) is 0 Å². The second-order valence-corrected chi connectivity index (χ2v) is 7.04. The topological polar surface area (TPSA) is 76.7 Å². The van der Waals surface area contributed by atoms with Crippen molar-refractivity contribution in [3.8, 4) is 5.75 Å². The van der Waals surface area contributed by atoms with Gasteiger partial charge in [-0.15, -0.1) is 6.58 Å². The molecule has 25 heavy (non-hydrogen) atoms. The van der Waals surface area contributed by atoms with Crippen LogP contribution in [0.3, 0.4) is 0 Å². The number of benzene rings is 1. The minimum absolute atomic E-state index is 0.0468. The predicted molar refractivity (Wildman–Crippen MR) is 96.7 cm³/mol. The van der Waals surface area contributed by atoms with E-state index in [0.29, 0.717) is 25.3 Å². The summed E-state index contributed by atoms with van der Waals surface area (Å²) in [5.74, 6) is 0.308. The van der Waals surface area contributed by atoms with Gasteiger partial charge in [0.25, 0.3) is 0 Å². The minimum Gasteiger partial charge on any atom is -0.489 e. The van der Waals surface area contributed by atoms with Crippen molar-refractivity contribution in [2.45, 2.75) is 33.3 Å². The maximum Gasteiger partial charge on any atom is 0.311 e. The highest BCUT2D eigenvalue weighted by Crippen LogP contribution is 2.31. The Bertz CT molecular complexity index is 649. The number of hydrogen-bond acceptors (Lipinski definition) is 5. The van der Waals surface area contributed by atoms with Gasteiger partial charge in [-0.1, -0.05) is 12.1 Å². The first-order valence-corrected chi connectivity index (χ1v) is 8.38. The highest BCUT2D eigenvalue weighted by Gasteiger charge is 2.27. The zero-order valence-electron chi connectivity index (χ0n) is 15.1. The Morgan fingerprint density at radius 3 is 2.88 bits per heavy atom. The van der Waals surface area contributed by atoms with Crippen molar-refractivity contribution in [2.75, 3.05) is 25.0 Å². The standard InChI is InChI=1S/C19H26N2O4/c1-5-9-20-11-13(25-18(23)19(2,3)4)12-24-16-8-6-7-15-14(16)10-17(22)21-15/h5-8,13,20H,1,9-12H2,2-4H3,(H,21,22). The zero-order valence-corrected chi connectivity index (χ0v) is 15.1. The molecule has 0 aliphatic carbocycles. The highest BCUT2D eigenvalue weighted by molar-refractivity contribution is 6.00. The van der Waals surface area contributed by atoms with Crippen LogP contribution in [0.5, 0.6) is 5.75 Å². The summed E-state index contributed by atoms with van der Waals surface area (Å²) in [7, 11) is 0. The molecule has 2 N–H and O–H groups in total. The van der Waals surface area contributed by atoms with Crippen molar-refractivity contribution < 1.29 is 19.1 Å². The summed E-state index contributed by atoms with van der Waals surface area (Å²) in [6.07, 6.45) is 1.60.